The van der Waals surface area contributed by atoms with Gasteiger partial charge in [-0.25, -0.2) is 0 Å². The van der Waals surface area contributed by atoms with E-state index in [-0.39, 0.29) is 0 Å². The molecular formula is C6H4Cl2O2. The van der Waals surface area contributed by atoms with E-state index < -0.39 is 10.5 Å². The van der Waals surface area contributed by atoms with Crippen molar-refractivity contribution in [1.82, 2.24) is 0 Å². The Labute approximate surface area is 68.1 Å². The van der Waals surface area contributed by atoms with E-state index in [9.17, 15) is 9.59 Å². The minimum atomic E-state index is -0.591. The molecule has 0 heterocycles. The van der Waals surface area contributed by atoms with E-state index in [2.05, 4.69) is 0 Å². The molecule has 0 unspecified atom stereocenters. The topological polar surface area (TPSA) is 34.1 Å². The Morgan fingerprint density at radius 1 is 0.900 bits per heavy atom. The van der Waals surface area contributed by atoms with Gasteiger partial charge in [0.15, 0.2) is 0 Å². The van der Waals surface area contributed by atoms with E-state index in [0.29, 0.717) is 0 Å². The van der Waals surface area contributed by atoms with Crippen LogP contribution >= 0.6 is 23.2 Å². The normalized spacial score (nSPS) is 11.0. The monoisotopic (exact) mass is 178 g/mol. The summed E-state index contributed by atoms with van der Waals surface area (Å²) in [5, 5.41) is -1.18. The van der Waals surface area contributed by atoms with Crippen molar-refractivity contribution in [1.29, 1.82) is 0 Å². The fraction of sp³-hybridized carbons (Fsp3) is 0. The second-order valence-electron chi connectivity index (χ2n) is 1.33. The van der Waals surface area contributed by atoms with Crippen LogP contribution in [0.5, 0.6) is 0 Å². The lowest BCUT2D eigenvalue weighted by atomic mass is 10.4. The molecule has 0 radical (unpaired) electrons. The van der Waals surface area contributed by atoms with Crippen LogP contribution in [0.15, 0.2) is 24.3 Å². The van der Waals surface area contributed by atoms with Crippen molar-refractivity contribution < 1.29 is 9.59 Å². The average Bonchev–Trinajstić information content (AvgIpc) is 1.79. The summed E-state index contributed by atoms with van der Waals surface area (Å²) in [5.74, 6) is 0. The number of hydrogen-bond acceptors (Lipinski definition) is 2. The maximum absolute atomic E-state index is 10.0. The largest absolute Gasteiger partial charge is 0.276 e. The lowest BCUT2D eigenvalue weighted by Gasteiger charge is -1.72. The molecule has 0 aromatic carbocycles. The van der Waals surface area contributed by atoms with Gasteiger partial charge in [-0.3, -0.25) is 9.59 Å². The van der Waals surface area contributed by atoms with Crippen LogP contribution < -0.4 is 0 Å². The predicted octanol–water partition coefficient (Wildman–Crippen LogP) is 1.63. The third kappa shape index (κ3) is 7.40. The fourth-order valence-corrected chi connectivity index (χ4v) is 0.408. The quantitative estimate of drug-likeness (QED) is 0.374. The molecule has 10 heavy (non-hydrogen) atoms. The lowest BCUT2D eigenvalue weighted by molar-refractivity contribution is -0.108. The second-order valence-corrected chi connectivity index (χ2v) is 2.07. The summed E-state index contributed by atoms with van der Waals surface area (Å²) in [4.78, 5) is 20.0. The molecule has 0 aliphatic rings. The third-order valence-electron chi connectivity index (χ3n) is 0.566. The molecule has 0 aliphatic carbocycles. The predicted molar refractivity (Wildman–Crippen MR) is 40.0 cm³/mol. The van der Waals surface area contributed by atoms with E-state index in [1.165, 1.54) is 12.2 Å². The number of halogens is 2. The highest BCUT2D eigenvalue weighted by molar-refractivity contribution is 6.67. The highest BCUT2D eigenvalue weighted by Crippen LogP contribution is 1.86. The van der Waals surface area contributed by atoms with Crippen molar-refractivity contribution in [3.05, 3.63) is 24.3 Å². The first-order chi connectivity index (χ1) is 4.63. The first kappa shape index (κ1) is 9.40. The van der Waals surface area contributed by atoms with Crippen molar-refractivity contribution >= 4 is 33.7 Å². The Balaban J connectivity index is 3.73. The second kappa shape index (κ2) is 5.21. The molecule has 0 N–H and O–H groups in total. The summed E-state index contributed by atoms with van der Waals surface area (Å²) in [5.41, 5.74) is 0. The maximum Gasteiger partial charge on any atom is 0.245 e. The van der Waals surface area contributed by atoms with Gasteiger partial charge >= 0.3 is 0 Å². The van der Waals surface area contributed by atoms with Crippen molar-refractivity contribution in [3.63, 3.8) is 0 Å². The highest BCUT2D eigenvalue weighted by atomic mass is 35.5. The number of carbonyl (C=O) groups is 2. The van der Waals surface area contributed by atoms with Gasteiger partial charge in [-0.15, -0.1) is 0 Å². The lowest BCUT2D eigenvalue weighted by Crippen LogP contribution is -1.74. The van der Waals surface area contributed by atoms with Gasteiger partial charge in [0.05, 0.1) is 0 Å². The Bertz CT molecular complexity index is 172. The van der Waals surface area contributed by atoms with Gasteiger partial charge in [0.1, 0.15) is 0 Å². The molecule has 0 fully saturated rings. The van der Waals surface area contributed by atoms with Crippen LogP contribution in [0.4, 0.5) is 0 Å². The van der Waals surface area contributed by atoms with Crippen LogP contribution in [0.2, 0.25) is 0 Å². The van der Waals surface area contributed by atoms with E-state index in [4.69, 9.17) is 23.2 Å². The molecule has 4 heteroatoms. The van der Waals surface area contributed by atoms with E-state index >= 15 is 0 Å². The van der Waals surface area contributed by atoms with E-state index in [0.717, 1.165) is 12.2 Å². The SMILES string of the molecule is O=C(Cl)/C=C/C=C/C(=O)Cl. The van der Waals surface area contributed by atoms with Crippen LogP contribution in [0.1, 0.15) is 0 Å². The van der Waals surface area contributed by atoms with Gasteiger partial charge in [0.2, 0.25) is 10.5 Å². The van der Waals surface area contributed by atoms with Gasteiger partial charge in [0.25, 0.3) is 0 Å². The number of hydrogen-bond donors (Lipinski definition) is 0. The van der Waals surface area contributed by atoms with Crippen LogP contribution in [0.3, 0.4) is 0 Å². The van der Waals surface area contributed by atoms with Gasteiger partial charge in [0, 0.05) is 0 Å². The molecule has 0 aromatic heterocycles. The molecule has 0 spiro atoms. The molecule has 0 aromatic rings. The first-order valence-corrected chi connectivity index (χ1v) is 3.12. The molecule has 2 nitrogen and oxygen atoms in total. The Kier molecular flexibility index (Phi) is 4.89. The Morgan fingerprint density at radius 3 is 1.40 bits per heavy atom. The Hall–Kier alpha value is -0.600. The van der Waals surface area contributed by atoms with Crippen LogP contribution in [-0.2, 0) is 9.59 Å². The molecule has 0 rings (SSSR count). The molecule has 0 bridgehead atoms. The van der Waals surface area contributed by atoms with Crippen LogP contribution in [-0.4, -0.2) is 10.5 Å². The zero-order valence-electron chi connectivity index (χ0n) is 4.88. The summed E-state index contributed by atoms with van der Waals surface area (Å²) in [6, 6.07) is 0. The van der Waals surface area contributed by atoms with E-state index in [1.54, 1.807) is 0 Å². The summed E-state index contributed by atoms with van der Waals surface area (Å²) in [6.45, 7) is 0. The summed E-state index contributed by atoms with van der Waals surface area (Å²) in [6.07, 6.45) is 4.88. The smallest absolute Gasteiger partial charge is 0.245 e. The van der Waals surface area contributed by atoms with Crippen molar-refractivity contribution in [3.8, 4) is 0 Å². The van der Waals surface area contributed by atoms with Crippen LogP contribution in [0, 0.1) is 0 Å². The minimum absolute atomic E-state index is 0.591. The Morgan fingerprint density at radius 2 is 1.20 bits per heavy atom. The van der Waals surface area contributed by atoms with Gasteiger partial charge in [-0.05, 0) is 35.4 Å². The summed E-state index contributed by atoms with van der Waals surface area (Å²) >= 11 is 9.83. The number of rotatable bonds is 3. The van der Waals surface area contributed by atoms with Crippen molar-refractivity contribution in [2.45, 2.75) is 0 Å². The molecule has 0 aliphatic heterocycles. The van der Waals surface area contributed by atoms with Gasteiger partial charge in [-0.1, -0.05) is 12.2 Å². The van der Waals surface area contributed by atoms with Crippen molar-refractivity contribution in [2.75, 3.05) is 0 Å². The standard InChI is InChI=1S/C6H4Cl2O2/c7-5(9)3-1-2-4-6(8)10/h1-4H/b3-1+,4-2+. The number of allylic oxidation sites excluding steroid dienone is 4. The van der Waals surface area contributed by atoms with Crippen LogP contribution in [0.25, 0.3) is 0 Å². The van der Waals surface area contributed by atoms with E-state index in [1.807, 2.05) is 0 Å². The third-order valence-corrected chi connectivity index (χ3v) is 0.818. The maximum atomic E-state index is 10.0. The molecule has 0 saturated heterocycles. The molecule has 0 amide bonds. The average molecular weight is 179 g/mol. The van der Waals surface area contributed by atoms with Gasteiger partial charge < -0.3 is 0 Å². The summed E-state index contributed by atoms with van der Waals surface area (Å²) < 4.78 is 0. The molecule has 54 valence electrons. The summed E-state index contributed by atoms with van der Waals surface area (Å²) in [7, 11) is 0. The zero-order valence-corrected chi connectivity index (χ0v) is 6.39. The molecule has 0 saturated carbocycles. The highest BCUT2D eigenvalue weighted by Gasteiger charge is 1.83. The zero-order chi connectivity index (χ0) is 7.98. The van der Waals surface area contributed by atoms with Crippen molar-refractivity contribution in [2.24, 2.45) is 0 Å². The minimum Gasteiger partial charge on any atom is -0.276 e. The molecular weight excluding hydrogens is 175 g/mol. The molecule has 0 atom stereocenters. The number of carbonyl (C=O) groups excluding carboxylic acids is 2. The fourth-order valence-electron chi connectivity index (χ4n) is 0.262. The van der Waals surface area contributed by atoms with Gasteiger partial charge in [-0.2, -0.15) is 0 Å². The first-order valence-electron chi connectivity index (χ1n) is 2.36.